The van der Waals surface area contributed by atoms with Crippen LogP contribution < -0.4 is 14.8 Å². The fourth-order valence-electron chi connectivity index (χ4n) is 3.46. The van der Waals surface area contributed by atoms with E-state index in [-0.39, 0.29) is 0 Å². The van der Waals surface area contributed by atoms with Gasteiger partial charge in [0.2, 0.25) is 5.52 Å². The van der Waals surface area contributed by atoms with Crippen molar-refractivity contribution in [1.29, 1.82) is 0 Å². The molecule has 0 unspecified atom stereocenters. The summed E-state index contributed by atoms with van der Waals surface area (Å²) in [5, 5.41) is 5.81. The highest BCUT2D eigenvalue weighted by molar-refractivity contribution is 8.03. The summed E-state index contributed by atoms with van der Waals surface area (Å²) in [7, 11) is 8.69. The molecule has 1 aliphatic rings. The van der Waals surface area contributed by atoms with E-state index < -0.39 is 0 Å². The first kappa shape index (κ1) is 20.2. The van der Waals surface area contributed by atoms with Crippen LogP contribution in [0.25, 0.3) is 16.3 Å². The van der Waals surface area contributed by atoms with E-state index in [0.29, 0.717) is 0 Å². The molecule has 0 saturated heterocycles. The number of para-hydroxylation sites is 2. The van der Waals surface area contributed by atoms with Crippen molar-refractivity contribution in [3.63, 3.8) is 0 Å². The van der Waals surface area contributed by atoms with Gasteiger partial charge >= 0.3 is 0 Å². The summed E-state index contributed by atoms with van der Waals surface area (Å²) in [5.41, 5.74) is 2.57. The molecule has 0 aliphatic carbocycles. The summed E-state index contributed by atoms with van der Waals surface area (Å²) >= 11 is 3.68. The molecule has 0 saturated carbocycles. The van der Waals surface area contributed by atoms with E-state index in [1.807, 2.05) is 30.1 Å². The Kier molecular flexibility index (Phi) is 5.79. The van der Waals surface area contributed by atoms with Gasteiger partial charge in [-0.05, 0) is 31.3 Å². The second kappa shape index (κ2) is 8.32. The van der Waals surface area contributed by atoms with Crippen LogP contribution in [0.15, 0.2) is 70.6 Å². The molecular formula is C23H28N4S2+2. The van der Waals surface area contributed by atoms with Crippen LogP contribution in [0.5, 0.6) is 0 Å². The Morgan fingerprint density at radius 1 is 1.07 bits per heavy atom. The van der Waals surface area contributed by atoms with Gasteiger partial charge in [-0.15, -0.1) is 4.57 Å². The number of nitrogens with one attached hydrogen (secondary N) is 1. The van der Waals surface area contributed by atoms with Crippen molar-refractivity contribution in [2.75, 3.05) is 39.8 Å². The fourth-order valence-corrected chi connectivity index (χ4v) is 5.60. The molecular weight excluding hydrogens is 396 g/mol. The first-order valence-electron chi connectivity index (χ1n) is 9.75. The van der Waals surface area contributed by atoms with Crippen LogP contribution in [-0.4, -0.2) is 39.3 Å². The number of nitrogens with zero attached hydrogens (tertiary/aromatic N) is 3. The second-order valence-corrected chi connectivity index (χ2v) is 10.3. The molecule has 0 radical (unpaired) electrons. The van der Waals surface area contributed by atoms with Crippen LogP contribution >= 0.6 is 23.1 Å². The molecule has 1 N–H and O–H groups in total. The molecule has 4 rings (SSSR count). The zero-order chi connectivity index (χ0) is 20.4. The van der Waals surface area contributed by atoms with Gasteiger partial charge in [0.05, 0.1) is 38.5 Å². The first-order valence-corrected chi connectivity index (χ1v) is 11.4. The van der Waals surface area contributed by atoms with Gasteiger partial charge in [-0.25, -0.2) is 0 Å². The van der Waals surface area contributed by atoms with Crippen LogP contribution in [-0.2, 0) is 6.67 Å². The molecule has 0 amide bonds. The summed E-state index contributed by atoms with van der Waals surface area (Å²) in [4.78, 5) is 3.64. The zero-order valence-electron chi connectivity index (χ0n) is 17.4. The molecule has 0 bridgehead atoms. The smallest absolute Gasteiger partial charge is 0.277 e. The lowest BCUT2D eigenvalue weighted by atomic mass is 10.3. The lowest BCUT2D eigenvalue weighted by Gasteiger charge is -2.19. The van der Waals surface area contributed by atoms with Crippen LogP contribution in [0.3, 0.4) is 0 Å². The second-order valence-electron chi connectivity index (χ2n) is 8.14. The highest BCUT2D eigenvalue weighted by Crippen LogP contribution is 2.45. The van der Waals surface area contributed by atoms with Crippen molar-refractivity contribution in [3.05, 3.63) is 70.7 Å². The molecule has 1 aromatic heterocycles. The highest BCUT2D eigenvalue weighted by Gasteiger charge is 2.25. The Hall–Kier alpha value is -2.12. The third-order valence-electron chi connectivity index (χ3n) is 4.63. The summed E-state index contributed by atoms with van der Waals surface area (Å²) in [6.45, 7) is 1.74. The molecule has 2 heterocycles. The normalized spacial score (nSPS) is 15.7. The summed E-state index contributed by atoms with van der Waals surface area (Å²) in [6.07, 6.45) is 6.66. The Morgan fingerprint density at radius 2 is 1.83 bits per heavy atom. The van der Waals surface area contributed by atoms with Gasteiger partial charge in [0.15, 0.2) is 0 Å². The highest BCUT2D eigenvalue weighted by atomic mass is 32.2. The Morgan fingerprint density at radius 3 is 2.62 bits per heavy atom. The molecule has 0 atom stereocenters. The number of rotatable bonds is 6. The number of anilines is 1. The topological polar surface area (TPSA) is 19.1 Å². The number of thiazole rings is 1. The van der Waals surface area contributed by atoms with Gasteiger partial charge in [0, 0.05) is 17.0 Å². The minimum atomic E-state index is 0.800. The number of quaternary nitrogens is 1. The zero-order valence-corrected chi connectivity index (χ0v) is 19.1. The number of hydrogen-bond acceptors (Lipinski definition) is 4. The van der Waals surface area contributed by atoms with Crippen molar-refractivity contribution < 1.29 is 9.05 Å². The third-order valence-corrected chi connectivity index (χ3v) is 6.89. The van der Waals surface area contributed by atoms with Gasteiger partial charge < -0.3 is 10.2 Å². The van der Waals surface area contributed by atoms with Crippen LogP contribution in [0.1, 0.15) is 5.01 Å². The average Bonchev–Trinajstić information content (AvgIpc) is 3.20. The average molecular weight is 425 g/mol. The monoisotopic (exact) mass is 424 g/mol. The Balaban J connectivity index is 1.66. The van der Waals surface area contributed by atoms with Gasteiger partial charge in [-0.2, -0.15) is 0 Å². The number of thioether (sulfide) groups is 1. The quantitative estimate of drug-likeness (QED) is 0.465. The molecule has 0 fully saturated rings. The molecule has 0 spiro atoms. The minimum Gasteiger partial charge on any atom is -0.322 e. The predicted octanol–water partition coefficient (Wildman–Crippen LogP) is 4.50. The van der Waals surface area contributed by atoms with E-state index >= 15 is 0 Å². The van der Waals surface area contributed by atoms with Gasteiger partial charge in [-0.3, -0.25) is 4.48 Å². The van der Waals surface area contributed by atoms with E-state index in [2.05, 4.69) is 103 Å². The van der Waals surface area contributed by atoms with Gasteiger partial charge in [-0.1, -0.05) is 53.4 Å². The summed E-state index contributed by atoms with van der Waals surface area (Å²) in [5.74, 6) is 0. The van der Waals surface area contributed by atoms with Crippen molar-refractivity contribution in [2.45, 2.75) is 11.6 Å². The number of aromatic nitrogens is 1. The standard InChI is InChI=1S/C23H28N4S2/c1-24-16-25-18-10-5-7-12-20(18)28-22(25)14-9-15-23-26(17-27(2,3)4)19-11-6-8-13-21(19)29-23/h5-15,24H,16-17H2,1-4H3/q+2. The van der Waals surface area contributed by atoms with Gasteiger partial charge in [0.25, 0.3) is 11.7 Å². The molecule has 4 nitrogen and oxygen atoms in total. The molecule has 2 aromatic carbocycles. The maximum absolute atomic E-state index is 3.28. The van der Waals surface area contributed by atoms with E-state index in [1.54, 1.807) is 0 Å². The van der Waals surface area contributed by atoms with Crippen molar-refractivity contribution in [3.8, 4) is 0 Å². The summed E-state index contributed by atoms with van der Waals surface area (Å²) < 4.78 is 4.64. The number of fused-ring (bicyclic) bond motifs is 2. The van der Waals surface area contributed by atoms with E-state index in [1.165, 1.54) is 30.8 Å². The minimum absolute atomic E-state index is 0.800. The summed E-state index contributed by atoms with van der Waals surface area (Å²) in [6, 6.07) is 17.2. The largest absolute Gasteiger partial charge is 0.322 e. The Labute approximate surface area is 181 Å². The molecule has 150 valence electrons. The van der Waals surface area contributed by atoms with Crippen molar-refractivity contribution in [1.82, 2.24) is 5.32 Å². The third kappa shape index (κ3) is 4.41. The van der Waals surface area contributed by atoms with Crippen molar-refractivity contribution >= 4 is 45.1 Å². The molecule has 1 aliphatic heterocycles. The number of benzene rings is 2. The van der Waals surface area contributed by atoms with Crippen LogP contribution in [0, 0.1) is 0 Å². The van der Waals surface area contributed by atoms with Crippen LogP contribution in [0.4, 0.5) is 5.69 Å². The maximum Gasteiger partial charge on any atom is 0.277 e. The first-order chi connectivity index (χ1) is 14.0. The van der Waals surface area contributed by atoms with Crippen LogP contribution in [0.2, 0.25) is 0 Å². The van der Waals surface area contributed by atoms with E-state index in [9.17, 15) is 0 Å². The van der Waals surface area contributed by atoms with Gasteiger partial charge in [0.1, 0.15) is 4.70 Å². The number of hydrogen-bond donors (Lipinski definition) is 1. The number of allylic oxidation sites excluding steroid dienone is 2. The lowest BCUT2D eigenvalue weighted by molar-refractivity contribution is -1.01. The maximum atomic E-state index is 3.28. The fraction of sp³-hybridized carbons (Fsp3) is 0.261. The molecule has 3 aromatic rings. The lowest BCUT2D eigenvalue weighted by Crippen LogP contribution is -2.50. The predicted molar refractivity (Wildman–Crippen MR) is 126 cm³/mol. The SMILES string of the molecule is CNCN1/C(=C/C=C/c2sc3ccccc3[n+]2C[N+](C)(C)C)Sc2ccccc21. The molecule has 29 heavy (non-hydrogen) atoms. The van der Waals surface area contributed by atoms with E-state index in [4.69, 9.17) is 0 Å². The molecule has 6 heteroatoms. The van der Waals surface area contributed by atoms with Crippen molar-refractivity contribution in [2.24, 2.45) is 0 Å². The Bertz CT molecular complexity index is 1080. The van der Waals surface area contributed by atoms with E-state index in [0.717, 1.165) is 17.8 Å².